The van der Waals surface area contributed by atoms with Crippen LogP contribution in [0.4, 0.5) is 0 Å². The van der Waals surface area contributed by atoms with Gasteiger partial charge in [0.1, 0.15) is 0 Å². The maximum absolute atomic E-state index is 13.2. The van der Waals surface area contributed by atoms with Crippen LogP contribution in [0.5, 0.6) is 5.88 Å². The van der Waals surface area contributed by atoms with Gasteiger partial charge in [0.05, 0.1) is 17.3 Å². The van der Waals surface area contributed by atoms with E-state index in [2.05, 4.69) is 23.8 Å². The third-order valence-corrected chi connectivity index (χ3v) is 6.16. The Labute approximate surface area is 204 Å². The summed E-state index contributed by atoms with van der Waals surface area (Å²) in [6.07, 6.45) is 19.6. The molecule has 0 unspecified atom stereocenters. The Morgan fingerprint density at radius 3 is 2.03 bits per heavy atom. The summed E-state index contributed by atoms with van der Waals surface area (Å²) in [4.78, 5) is 33.1. The zero-order valence-corrected chi connectivity index (χ0v) is 20.9. The average molecular weight is 469 g/mol. The highest BCUT2D eigenvalue weighted by Gasteiger charge is 2.25. The van der Waals surface area contributed by atoms with E-state index >= 15 is 0 Å². The minimum atomic E-state index is -1.12. The number of carboxylic acids is 1. The van der Waals surface area contributed by atoms with Crippen LogP contribution in [0, 0.1) is 0 Å². The Morgan fingerprint density at radius 1 is 0.824 bits per heavy atom. The summed E-state index contributed by atoms with van der Waals surface area (Å²) < 4.78 is 5.44. The molecule has 0 saturated heterocycles. The number of hydrogen-bond acceptors (Lipinski definition) is 5. The Bertz CT molecular complexity index is 883. The van der Waals surface area contributed by atoms with Gasteiger partial charge in [-0.25, -0.2) is 14.6 Å². The lowest BCUT2D eigenvalue weighted by molar-refractivity contribution is 0.0664. The molecule has 2 rings (SSSR count). The first-order valence-electron chi connectivity index (χ1n) is 12.9. The Morgan fingerprint density at radius 2 is 1.44 bits per heavy atom. The number of benzene rings is 1. The lowest BCUT2D eigenvalue weighted by Crippen LogP contribution is -2.19. The number of hydrogen-bond donors (Lipinski definition) is 1. The second kappa shape index (κ2) is 16.0. The number of carbonyl (C=O) groups is 2. The van der Waals surface area contributed by atoms with Crippen molar-refractivity contribution >= 4 is 11.9 Å². The lowest BCUT2D eigenvalue weighted by Gasteiger charge is -2.17. The molecule has 186 valence electrons. The molecule has 1 heterocycles. The van der Waals surface area contributed by atoms with Gasteiger partial charge >= 0.3 is 11.9 Å². The molecule has 0 saturated carbocycles. The van der Waals surface area contributed by atoms with E-state index < -0.39 is 11.9 Å². The molecule has 1 N–H and O–H groups in total. The van der Waals surface area contributed by atoms with Crippen molar-refractivity contribution in [2.45, 2.75) is 104 Å². The van der Waals surface area contributed by atoms with Crippen LogP contribution in [-0.4, -0.2) is 27.0 Å². The zero-order valence-electron chi connectivity index (χ0n) is 20.9. The van der Waals surface area contributed by atoms with Gasteiger partial charge in [-0.3, -0.25) is 4.98 Å². The largest absolute Gasteiger partial charge is 0.478 e. The second-order valence-corrected chi connectivity index (χ2v) is 8.90. The van der Waals surface area contributed by atoms with E-state index in [9.17, 15) is 14.7 Å². The first-order valence-corrected chi connectivity index (χ1v) is 12.9. The average Bonchev–Trinajstić information content (AvgIpc) is 2.84. The molecular weight excluding hydrogens is 428 g/mol. The Hall–Kier alpha value is -2.76. The fraction of sp³-hybridized carbons (Fsp3) is 0.571. The normalized spacial score (nSPS) is 10.9. The van der Waals surface area contributed by atoms with Gasteiger partial charge in [-0.1, -0.05) is 84.1 Å². The molecule has 1 aromatic carbocycles. The maximum atomic E-state index is 13.2. The van der Waals surface area contributed by atoms with E-state index in [1.165, 1.54) is 63.5 Å². The van der Waals surface area contributed by atoms with Crippen LogP contribution in [0.2, 0.25) is 0 Å². The summed E-state index contributed by atoms with van der Waals surface area (Å²) in [5, 5.41) is 9.83. The fourth-order valence-electron chi connectivity index (χ4n) is 4.28. The van der Waals surface area contributed by atoms with Crippen molar-refractivity contribution < 1.29 is 19.4 Å². The summed E-state index contributed by atoms with van der Waals surface area (Å²) in [7, 11) is 0. The van der Waals surface area contributed by atoms with Crippen LogP contribution in [0.1, 0.15) is 123 Å². The minimum absolute atomic E-state index is 0.0124. The van der Waals surface area contributed by atoms with Gasteiger partial charge in [-0.15, -0.1) is 0 Å². The molecule has 2 aromatic rings. The van der Waals surface area contributed by atoms with Crippen molar-refractivity contribution in [3.8, 4) is 5.88 Å². The first-order chi connectivity index (χ1) is 16.6. The van der Waals surface area contributed by atoms with Crippen LogP contribution in [0.3, 0.4) is 0 Å². The molecular formula is C28H40N2O4. The number of carbonyl (C=O) groups excluding carboxylic acids is 1. The van der Waals surface area contributed by atoms with E-state index in [4.69, 9.17) is 4.74 Å². The number of nitrogens with zero attached hydrogens (tertiary/aromatic N) is 2. The van der Waals surface area contributed by atoms with E-state index in [-0.39, 0.29) is 17.0 Å². The van der Waals surface area contributed by atoms with Gasteiger partial charge in [-0.05, 0) is 42.9 Å². The van der Waals surface area contributed by atoms with Crippen molar-refractivity contribution in [2.75, 3.05) is 0 Å². The van der Waals surface area contributed by atoms with Crippen molar-refractivity contribution in [3.05, 3.63) is 53.0 Å². The molecule has 6 nitrogen and oxygen atoms in total. The van der Waals surface area contributed by atoms with Gasteiger partial charge in [-0.2, -0.15) is 0 Å². The minimum Gasteiger partial charge on any atom is -0.478 e. The lowest BCUT2D eigenvalue weighted by atomic mass is 9.89. The Balaban J connectivity index is 2.25. The smallest absolute Gasteiger partial charge is 0.346 e. The molecule has 1 aromatic heterocycles. The highest BCUT2D eigenvalue weighted by atomic mass is 16.5. The number of esters is 1. The molecule has 0 radical (unpaired) electrons. The molecule has 34 heavy (non-hydrogen) atoms. The summed E-state index contributed by atoms with van der Waals surface area (Å²) in [5.41, 5.74) is 2.02. The van der Waals surface area contributed by atoms with Gasteiger partial charge in [0.2, 0.25) is 5.88 Å². The topological polar surface area (TPSA) is 89.4 Å². The number of carboxylic acid groups (broad SMARTS) is 1. The second-order valence-electron chi connectivity index (χ2n) is 8.90. The highest BCUT2D eigenvalue weighted by Crippen LogP contribution is 2.26. The van der Waals surface area contributed by atoms with Gasteiger partial charge in [0, 0.05) is 12.4 Å². The number of ether oxygens (including phenoxy) is 1. The summed E-state index contributed by atoms with van der Waals surface area (Å²) >= 11 is 0. The molecule has 0 bridgehead atoms. The SMILES string of the molecule is CCCCCCCCc1ccc(C(=O)O)c(C(=O)Oc2cnccn2)c1CCCCCCCC. The van der Waals surface area contributed by atoms with Crippen LogP contribution >= 0.6 is 0 Å². The maximum Gasteiger partial charge on any atom is 0.346 e. The number of rotatable bonds is 17. The number of aromatic nitrogens is 2. The van der Waals surface area contributed by atoms with E-state index in [1.807, 2.05) is 6.07 Å². The molecule has 0 aliphatic heterocycles. The summed E-state index contributed by atoms with van der Waals surface area (Å²) in [6.45, 7) is 4.40. The van der Waals surface area contributed by atoms with Crippen molar-refractivity contribution in [2.24, 2.45) is 0 Å². The molecule has 0 aliphatic carbocycles. The predicted molar refractivity (Wildman–Crippen MR) is 135 cm³/mol. The molecule has 0 aliphatic rings. The van der Waals surface area contributed by atoms with E-state index in [0.29, 0.717) is 6.42 Å². The highest BCUT2D eigenvalue weighted by molar-refractivity contribution is 6.04. The first kappa shape index (κ1) is 27.5. The standard InChI is InChI=1S/C28H40N2O4/c1-3-5-7-9-11-13-15-22-17-18-24(27(31)32)26(23(22)16-14-12-10-8-6-4-2)28(33)34-25-21-29-19-20-30-25/h17-21H,3-16H2,1-2H3,(H,31,32). The van der Waals surface area contributed by atoms with Crippen molar-refractivity contribution in [1.29, 1.82) is 0 Å². The third kappa shape index (κ3) is 9.24. The van der Waals surface area contributed by atoms with Gasteiger partial charge in [0.25, 0.3) is 0 Å². The molecule has 0 amide bonds. The fourth-order valence-corrected chi connectivity index (χ4v) is 4.28. The van der Waals surface area contributed by atoms with Crippen LogP contribution in [0.25, 0.3) is 0 Å². The zero-order chi connectivity index (χ0) is 24.6. The quantitative estimate of drug-likeness (QED) is 0.195. The van der Waals surface area contributed by atoms with Gasteiger partial charge < -0.3 is 9.84 Å². The number of aromatic carboxylic acids is 1. The van der Waals surface area contributed by atoms with Crippen molar-refractivity contribution in [3.63, 3.8) is 0 Å². The molecule has 0 atom stereocenters. The van der Waals surface area contributed by atoms with Crippen LogP contribution in [0.15, 0.2) is 30.7 Å². The summed E-state index contributed by atoms with van der Waals surface area (Å²) in [6, 6.07) is 3.44. The van der Waals surface area contributed by atoms with Crippen LogP contribution < -0.4 is 4.74 Å². The molecule has 0 spiro atoms. The Kier molecular flexibility index (Phi) is 12.9. The number of unbranched alkanes of at least 4 members (excludes halogenated alkanes) is 10. The van der Waals surface area contributed by atoms with E-state index in [0.717, 1.165) is 49.7 Å². The molecule has 0 fully saturated rings. The van der Waals surface area contributed by atoms with E-state index in [1.54, 1.807) is 6.07 Å². The van der Waals surface area contributed by atoms with Crippen LogP contribution in [-0.2, 0) is 12.8 Å². The monoisotopic (exact) mass is 468 g/mol. The van der Waals surface area contributed by atoms with Gasteiger partial charge in [0.15, 0.2) is 0 Å². The summed E-state index contributed by atoms with van der Waals surface area (Å²) in [5.74, 6) is -1.74. The predicted octanol–water partition coefficient (Wildman–Crippen LogP) is 7.20. The third-order valence-electron chi connectivity index (χ3n) is 6.16. The van der Waals surface area contributed by atoms with Crippen molar-refractivity contribution in [1.82, 2.24) is 9.97 Å². The number of aryl methyl sites for hydroxylation is 1. The molecule has 6 heteroatoms.